The molecule has 1 aliphatic rings. The van der Waals surface area contributed by atoms with E-state index >= 15 is 0 Å². The predicted molar refractivity (Wildman–Crippen MR) is 110 cm³/mol. The van der Waals surface area contributed by atoms with Gasteiger partial charge >= 0.3 is 5.97 Å². The maximum Gasteiger partial charge on any atom is 0.310 e. The fourth-order valence-electron chi connectivity index (χ4n) is 3.77. The van der Waals surface area contributed by atoms with Gasteiger partial charge in [0.25, 0.3) is 0 Å². The molecule has 0 amide bonds. The largest absolute Gasteiger partial charge is 0.481 e. The molecule has 0 spiro atoms. The fourth-order valence-corrected chi connectivity index (χ4v) is 3.77. The van der Waals surface area contributed by atoms with E-state index in [2.05, 4.69) is 0 Å². The van der Waals surface area contributed by atoms with E-state index in [4.69, 9.17) is 9.98 Å². The molecule has 2 atom stereocenters. The summed E-state index contributed by atoms with van der Waals surface area (Å²) in [6.45, 7) is 1.93. The molecular formula is C24H22N2O2. The van der Waals surface area contributed by atoms with Crippen LogP contribution in [0.5, 0.6) is 0 Å². The maximum atomic E-state index is 11.7. The Bertz CT molecular complexity index is 974. The van der Waals surface area contributed by atoms with Crippen molar-refractivity contribution in [3.63, 3.8) is 0 Å². The van der Waals surface area contributed by atoms with Crippen LogP contribution in [0.4, 0.5) is 5.82 Å². The highest BCUT2D eigenvalue weighted by atomic mass is 16.4. The van der Waals surface area contributed by atoms with E-state index < -0.39 is 11.4 Å². The van der Waals surface area contributed by atoms with Gasteiger partial charge in [0.1, 0.15) is 0 Å². The molecule has 2 aromatic carbocycles. The maximum absolute atomic E-state index is 11.7. The summed E-state index contributed by atoms with van der Waals surface area (Å²) in [5.74, 6) is -0.172. The molecule has 1 saturated carbocycles. The second kappa shape index (κ2) is 7.39. The van der Waals surface area contributed by atoms with Gasteiger partial charge < -0.3 is 5.11 Å². The molecule has 3 aromatic rings. The van der Waals surface area contributed by atoms with Crippen LogP contribution < -0.4 is 0 Å². The van der Waals surface area contributed by atoms with Crippen LogP contribution in [0.25, 0.3) is 0 Å². The molecule has 1 aliphatic carbocycles. The van der Waals surface area contributed by atoms with E-state index in [-0.39, 0.29) is 5.92 Å². The summed E-state index contributed by atoms with van der Waals surface area (Å²) in [6.07, 6.45) is 1.25. The van der Waals surface area contributed by atoms with Crippen LogP contribution in [0.15, 0.2) is 83.9 Å². The summed E-state index contributed by atoms with van der Waals surface area (Å²) in [4.78, 5) is 21.2. The average molecular weight is 370 g/mol. The molecule has 4 nitrogen and oxygen atoms in total. The minimum absolute atomic E-state index is 0.0398. The van der Waals surface area contributed by atoms with E-state index in [1.54, 1.807) is 0 Å². The number of aliphatic carboxylic acids is 1. The van der Waals surface area contributed by atoms with Crippen LogP contribution in [0.1, 0.15) is 42.5 Å². The molecule has 4 heteroatoms. The van der Waals surface area contributed by atoms with E-state index in [9.17, 15) is 9.90 Å². The number of carboxylic acid groups (broad SMARTS) is 1. The molecule has 4 rings (SSSR count). The lowest BCUT2D eigenvalue weighted by Gasteiger charge is -2.10. The Balaban J connectivity index is 1.73. The Morgan fingerprint density at radius 3 is 2.11 bits per heavy atom. The molecule has 1 heterocycles. The van der Waals surface area contributed by atoms with Gasteiger partial charge in [-0.1, -0.05) is 73.7 Å². The monoisotopic (exact) mass is 370 g/mol. The number of aromatic nitrogens is 1. The van der Waals surface area contributed by atoms with Crippen LogP contribution >= 0.6 is 0 Å². The van der Waals surface area contributed by atoms with Gasteiger partial charge in [0.2, 0.25) is 0 Å². The topological polar surface area (TPSA) is 62.5 Å². The third-order valence-electron chi connectivity index (χ3n) is 5.57. The molecule has 1 fully saturated rings. The highest BCUT2D eigenvalue weighted by Gasteiger charge is 2.60. The molecule has 28 heavy (non-hydrogen) atoms. The summed E-state index contributed by atoms with van der Waals surface area (Å²) in [7, 11) is 0. The highest BCUT2D eigenvalue weighted by Crippen LogP contribution is 2.61. The lowest BCUT2D eigenvalue weighted by atomic mass is 9.99. The van der Waals surface area contributed by atoms with Gasteiger partial charge in [0, 0.05) is 22.7 Å². The lowest BCUT2D eigenvalue weighted by molar-refractivity contribution is -0.143. The van der Waals surface area contributed by atoms with E-state index in [1.807, 2.05) is 85.8 Å². The zero-order valence-electron chi connectivity index (χ0n) is 15.7. The van der Waals surface area contributed by atoms with Gasteiger partial charge in [0.05, 0.1) is 11.1 Å². The molecule has 1 N–H and O–H groups in total. The van der Waals surface area contributed by atoms with Crippen LogP contribution in [-0.4, -0.2) is 21.8 Å². The summed E-state index contributed by atoms with van der Waals surface area (Å²) >= 11 is 0. The normalized spacial score (nSPS) is 20.4. The number of hydrogen-bond donors (Lipinski definition) is 1. The SMILES string of the molecule is CCC1(C(=O)O)CC1c1cccc(N=C(c2ccccc2)c2ccccc2)n1. The van der Waals surface area contributed by atoms with Gasteiger partial charge in [-0.3, -0.25) is 4.79 Å². The molecule has 0 saturated heterocycles. The third kappa shape index (κ3) is 3.33. The predicted octanol–water partition coefficient (Wildman–Crippen LogP) is 5.22. The smallest absolute Gasteiger partial charge is 0.310 e. The van der Waals surface area contributed by atoms with Crippen LogP contribution in [0.3, 0.4) is 0 Å². The zero-order chi connectivity index (χ0) is 19.6. The van der Waals surface area contributed by atoms with Crippen molar-refractivity contribution in [1.29, 1.82) is 0 Å². The van der Waals surface area contributed by atoms with Crippen LogP contribution in [0.2, 0.25) is 0 Å². The van der Waals surface area contributed by atoms with Crippen molar-refractivity contribution in [3.8, 4) is 0 Å². The number of pyridine rings is 1. The van der Waals surface area contributed by atoms with Gasteiger partial charge in [-0.15, -0.1) is 0 Å². The molecule has 140 valence electrons. The first kappa shape index (κ1) is 18.1. The number of benzene rings is 2. The Hall–Kier alpha value is -3.27. The molecule has 1 aromatic heterocycles. The molecule has 0 radical (unpaired) electrons. The van der Waals surface area contributed by atoms with Crippen LogP contribution in [-0.2, 0) is 4.79 Å². The van der Waals surface area contributed by atoms with Gasteiger partial charge in [0.15, 0.2) is 5.82 Å². The molecule has 0 aliphatic heterocycles. The molecule has 0 bridgehead atoms. The van der Waals surface area contributed by atoms with E-state index in [0.717, 1.165) is 22.5 Å². The third-order valence-corrected chi connectivity index (χ3v) is 5.57. The second-order valence-electron chi connectivity index (χ2n) is 7.18. The van der Waals surface area contributed by atoms with E-state index in [0.29, 0.717) is 18.7 Å². The molecular weight excluding hydrogens is 348 g/mol. The van der Waals surface area contributed by atoms with Crippen molar-refractivity contribution < 1.29 is 9.90 Å². The van der Waals surface area contributed by atoms with Gasteiger partial charge in [-0.25, -0.2) is 9.98 Å². The number of carboxylic acids is 1. The van der Waals surface area contributed by atoms with Gasteiger partial charge in [-0.2, -0.15) is 0 Å². The summed E-state index contributed by atoms with van der Waals surface area (Å²) in [5.41, 5.74) is 3.02. The summed E-state index contributed by atoms with van der Waals surface area (Å²) in [6, 6.07) is 25.7. The molecule has 2 unspecified atom stereocenters. The van der Waals surface area contributed by atoms with Crippen molar-refractivity contribution >= 4 is 17.5 Å². The first-order valence-corrected chi connectivity index (χ1v) is 9.54. The average Bonchev–Trinajstić information content (AvgIpc) is 3.50. The Kier molecular flexibility index (Phi) is 4.78. The number of aliphatic imine (C=N–C) groups is 1. The first-order valence-electron chi connectivity index (χ1n) is 9.54. The number of carbonyl (C=O) groups is 1. The van der Waals surface area contributed by atoms with E-state index in [1.165, 1.54) is 0 Å². The Morgan fingerprint density at radius 1 is 1.00 bits per heavy atom. The Labute approximate surface area is 164 Å². The van der Waals surface area contributed by atoms with Crippen molar-refractivity contribution in [2.24, 2.45) is 10.4 Å². The minimum atomic E-state index is -0.732. The van der Waals surface area contributed by atoms with Crippen molar-refractivity contribution in [2.45, 2.75) is 25.7 Å². The lowest BCUT2D eigenvalue weighted by Crippen LogP contribution is -2.16. The van der Waals surface area contributed by atoms with Crippen molar-refractivity contribution in [3.05, 3.63) is 95.7 Å². The Morgan fingerprint density at radius 2 is 1.61 bits per heavy atom. The zero-order valence-corrected chi connectivity index (χ0v) is 15.7. The second-order valence-corrected chi connectivity index (χ2v) is 7.18. The summed E-state index contributed by atoms with van der Waals surface area (Å²) < 4.78 is 0. The quantitative estimate of drug-likeness (QED) is 0.605. The number of rotatable bonds is 6. The summed E-state index contributed by atoms with van der Waals surface area (Å²) in [5, 5.41) is 9.59. The van der Waals surface area contributed by atoms with Gasteiger partial charge in [-0.05, 0) is 25.0 Å². The number of hydrogen-bond acceptors (Lipinski definition) is 3. The highest BCUT2D eigenvalue weighted by molar-refractivity contribution is 6.13. The van der Waals surface area contributed by atoms with Crippen molar-refractivity contribution in [2.75, 3.05) is 0 Å². The van der Waals surface area contributed by atoms with Crippen molar-refractivity contribution in [1.82, 2.24) is 4.98 Å². The van der Waals surface area contributed by atoms with Crippen LogP contribution in [0, 0.1) is 5.41 Å². The standard InChI is InChI=1S/C24H22N2O2/c1-2-24(23(27)28)16-19(24)20-14-9-15-21(25-20)26-22(17-10-5-3-6-11-17)18-12-7-4-8-13-18/h3-15,19H,2,16H2,1H3,(H,27,28). The first-order chi connectivity index (χ1) is 13.6. The minimum Gasteiger partial charge on any atom is -0.481 e. The number of nitrogens with zero attached hydrogens (tertiary/aromatic N) is 2. The fraction of sp³-hybridized carbons (Fsp3) is 0.208.